The first-order valence-corrected chi connectivity index (χ1v) is 6.01. The standard InChI is InChI=1S/C13H15NO5/c1-3-5-6-19-12-9(10(15)11(12)16)8(7-14)13(17)18-4-2/h16H,3-6H2,1-2H3. The number of carbonyl (C=O) groups is 2. The minimum Gasteiger partial charge on any atom is -0.502 e. The Kier molecular flexibility index (Phi) is 5.12. The van der Waals surface area contributed by atoms with Gasteiger partial charge in [0.15, 0.2) is 11.3 Å². The Bertz CT molecular complexity index is 496. The number of unbranched alkanes of at least 4 members (excludes halogenated alkanes) is 1. The summed E-state index contributed by atoms with van der Waals surface area (Å²) in [6.07, 6.45) is 1.61. The molecule has 19 heavy (non-hydrogen) atoms. The van der Waals surface area contributed by atoms with Gasteiger partial charge in [-0.25, -0.2) is 4.79 Å². The number of aliphatic hydroxyl groups is 1. The van der Waals surface area contributed by atoms with E-state index < -0.39 is 23.1 Å². The summed E-state index contributed by atoms with van der Waals surface area (Å²) in [5, 5.41) is 18.3. The van der Waals surface area contributed by atoms with Crippen LogP contribution >= 0.6 is 0 Å². The Labute approximate surface area is 110 Å². The molecule has 0 aromatic carbocycles. The van der Waals surface area contributed by atoms with Crippen molar-refractivity contribution >= 4 is 11.8 Å². The average Bonchev–Trinajstić information content (AvgIpc) is 2.41. The molecular formula is C13H15NO5. The second-order valence-electron chi connectivity index (χ2n) is 3.79. The van der Waals surface area contributed by atoms with Crippen molar-refractivity contribution in [3.8, 4) is 6.07 Å². The third-order valence-corrected chi connectivity index (χ3v) is 2.47. The van der Waals surface area contributed by atoms with Gasteiger partial charge < -0.3 is 14.6 Å². The third kappa shape index (κ3) is 2.94. The van der Waals surface area contributed by atoms with Crippen LogP contribution in [0.1, 0.15) is 26.7 Å². The summed E-state index contributed by atoms with van der Waals surface area (Å²) in [5.41, 5.74) is -0.634. The molecule has 0 radical (unpaired) electrons. The van der Waals surface area contributed by atoms with E-state index in [2.05, 4.69) is 4.74 Å². The van der Waals surface area contributed by atoms with E-state index in [-0.39, 0.29) is 17.9 Å². The molecule has 0 fully saturated rings. The van der Waals surface area contributed by atoms with Gasteiger partial charge in [-0.2, -0.15) is 5.26 Å². The molecule has 0 spiro atoms. The van der Waals surface area contributed by atoms with E-state index in [1.807, 2.05) is 6.92 Å². The van der Waals surface area contributed by atoms with E-state index in [1.165, 1.54) is 0 Å². The van der Waals surface area contributed by atoms with Crippen molar-refractivity contribution in [1.29, 1.82) is 5.26 Å². The predicted molar refractivity (Wildman–Crippen MR) is 64.8 cm³/mol. The van der Waals surface area contributed by atoms with E-state index in [4.69, 9.17) is 10.00 Å². The van der Waals surface area contributed by atoms with Gasteiger partial charge in [0, 0.05) is 0 Å². The first kappa shape index (κ1) is 14.8. The van der Waals surface area contributed by atoms with Crippen LogP contribution in [0.5, 0.6) is 0 Å². The molecule has 0 aromatic heterocycles. The maximum Gasteiger partial charge on any atom is 0.349 e. The van der Waals surface area contributed by atoms with Gasteiger partial charge >= 0.3 is 5.97 Å². The number of hydrogen-bond donors (Lipinski definition) is 1. The molecule has 0 aliphatic heterocycles. The largest absolute Gasteiger partial charge is 0.502 e. The molecule has 0 heterocycles. The molecule has 0 atom stereocenters. The van der Waals surface area contributed by atoms with Crippen LogP contribution in [0.15, 0.2) is 22.7 Å². The second-order valence-corrected chi connectivity index (χ2v) is 3.79. The van der Waals surface area contributed by atoms with E-state index >= 15 is 0 Å². The monoisotopic (exact) mass is 265 g/mol. The highest BCUT2D eigenvalue weighted by atomic mass is 16.5. The molecular weight excluding hydrogens is 250 g/mol. The van der Waals surface area contributed by atoms with E-state index in [0.29, 0.717) is 6.61 Å². The molecule has 1 N–H and O–H groups in total. The first-order valence-electron chi connectivity index (χ1n) is 6.01. The maximum absolute atomic E-state index is 11.5. The van der Waals surface area contributed by atoms with E-state index in [0.717, 1.165) is 12.8 Å². The lowest BCUT2D eigenvalue weighted by Crippen LogP contribution is -2.28. The van der Waals surface area contributed by atoms with Crippen LogP contribution in [0.3, 0.4) is 0 Å². The van der Waals surface area contributed by atoms with Crippen LogP contribution in [0.2, 0.25) is 0 Å². The van der Waals surface area contributed by atoms with Gasteiger partial charge in [-0.05, 0) is 13.3 Å². The van der Waals surface area contributed by atoms with Gasteiger partial charge in [0.05, 0.1) is 18.8 Å². The number of nitriles is 1. The molecule has 1 aliphatic carbocycles. The SMILES string of the molecule is CCCCOC1=C(O)C(=O)C1=C(C#N)C(=O)OCC. The summed E-state index contributed by atoms with van der Waals surface area (Å²) in [7, 11) is 0. The molecule has 1 aliphatic rings. The van der Waals surface area contributed by atoms with Crippen molar-refractivity contribution in [2.24, 2.45) is 0 Å². The minimum atomic E-state index is -0.891. The summed E-state index contributed by atoms with van der Waals surface area (Å²) in [5.74, 6) is -2.31. The number of rotatable bonds is 6. The van der Waals surface area contributed by atoms with E-state index in [9.17, 15) is 14.7 Å². The molecule has 1 rings (SSSR count). The summed E-state index contributed by atoms with van der Waals surface area (Å²) in [4.78, 5) is 23.0. The number of ketones is 1. The van der Waals surface area contributed by atoms with Gasteiger partial charge in [-0.1, -0.05) is 13.3 Å². The first-order chi connectivity index (χ1) is 9.08. The molecule has 0 unspecified atom stereocenters. The predicted octanol–water partition coefficient (Wildman–Crippen LogP) is 1.54. The highest BCUT2D eigenvalue weighted by molar-refractivity contribution is 6.21. The Hall–Kier alpha value is -2.29. The molecule has 0 bridgehead atoms. The molecule has 0 saturated carbocycles. The van der Waals surface area contributed by atoms with Crippen molar-refractivity contribution in [3.05, 3.63) is 22.7 Å². The number of aliphatic hydroxyl groups excluding tert-OH is 1. The molecule has 0 amide bonds. The van der Waals surface area contributed by atoms with Crippen molar-refractivity contribution in [1.82, 2.24) is 0 Å². The molecule has 6 nitrogen and oxygen atoms in total. The summed E-state index contributed by atoms with van der Waals surface area (Å²) in [6.45, 7) is 3.94. The van der Waals surface area contributed by atoms with Crippen LogP contribution in [-0.2, 0) is 19.1 Å². The fraction of sp³-hybridized carbons (Fsp3) is 0.462. The highest BCUT2D eigenvalue weighted by Crippen LogP contribution is 2.32. The third-order valence-electron chi connectivity index (χ3n) is 2.47. The zero-order valence-corrected chi connectivity index (χ0v) is 10.9. The number of esters is 1. The average molecular weight is 265 g/mol. The van der Waals surface area contributed by atoms with Gasteiger partial charge in [0.2, 0.25) is 11.5 Å². The number of allylic oxidation sites excluding steroid dienone is 2. The summed E-state index contributed by atoms with van der Waals surface area (Å²) in [6, 6.07) is 1.62. The number of carbonyl (C=O) groups excluding carboxylic acids is 2. The fourth-order valence-electron chi connectivity index (χ4n) is 1.47. The Balaban J connectivity index is 3.01. The minimum absolute atomic E-state index is 0.0905. The number of hydrogen-bond acceptors (Lipinski definition) is 6. The lowest BCUT2D eigenvalue weighted by molar-refractivity contribution is -0.138. The lowest BCUT2D eigenvalue weighted by Gasteiger charge is -2.22. The van der Waals surface area contributed by atoms with Crippen molar-refractivity contribution in [2.45, 2.75) is 26.7 Å². The van der Waals surface area contributed by atoms with Crippen LogP contribution in [0, 0.1) is 11.3 Å². The Morgan fingerprint density at radius 1 is 1.42 bits per heavy atom. The number of ether oxygens (including phenoxy) is 2. The van der Waals surface area contributed by atoms with Crippen LogP contribution in [0.25, 0.3) is 0 Å². The van der Waals surface area contributed by atoms with Crippen molar-refractivity contribution in [2.75, 3.05) is 13.2 Å². The van der Waals surface area contributed by atoms with Gasteiger partial charge in [0.1, 0.15) is 6.07 Å². The smallest absolute Gasteiger partial charge is 0.349 e. The molecule has 102 valence electrons. The summed E-state index contributed by atoms with van der Waals surface area (Å²) >= 11 is 0. The number of nitrogens with zero attached hydrogens (tertiary/aromatic N) is 1. The van der Waals surface area contributed by atoms with Gasteiger partial charge in [-0.15, -0.1) is 0 Å². The van der Waals surface area contributed by atoms with Gasteiger partial charge in [0.25, 0.3) is 0 Å². The van der Waals surface area contributed by atoms with Crippen LogP contribution in [0.4, 0.5) is 0 Å². The Morgan fingerprint density at radius 2 is 2.11 bits per heavy atom. The molecule has 0 aromatic rings. The van der Waals surface area contributed by atoms with Crippen LogP contribution in [-0.4, -0.2) is 30.1 Å². The zero-order chi connectivity index (χ0) is 14.4. The lowest BCUT2D eigenvalue weighted by atomic mass is 9.91. The number of Topliss-reactive ketones (excluding diaryl/α,β-unsaturated/α-hetero) is 1. The quantitative estimate of drug-likeness (QED) is 0.338. The highest BCUT2D eigenvalue weighted by Gasteiger charge is 2.40. The maximum atomic E-state index is 11.5. The zero-order valence-electron chi connectivity index (χ0n) is 10.9. The van der Waals surface area contributed by atoms with Gasteiger partial charge in [-0.3, -0.25) is 4.79 Å². The molecule has 0 saturated heterocycles. The molecule has 6 heteroatoms. The van der Waals surface area contributed by atoms with Crippen molar-refractivity contribution < 1.29 is 24.2 Å². The van der Waals surface area contributed by atoms with Crippen LogP contribution < -0.4 is 0 Å². The summed E-state index contributed by atoms with van der Waals surface area (Å²) < 4.78 is 9.89. The fourth-order valence-corrected chi connectivity index (χ4v) is 1.47. The van der Waals surface area contributed by atoms with Crippen molar-refractivity contribution in [3.63, 3.8) is 0 Å². The second kappa shape index (κ2) is 6.59. The topological polar surface area (TPSA) is 96.6 Å². The van der Waals surface area contributed by atoms with E-state index in [1.54, 1.807) is 13.0 Å². The normalized spacial score (nSPS) is 16.6. The Morgan fingerprint density at radius 3 is 2.63 bits per heavy atom.